The molecule has 0 unspecified atom stereocenters. The SMILES string of the molecule is CCNC(=O)c1cccc(NC(=O)CSc2ncnc3scc(-c4ccc(F)cc4)c23)c1. The lowest BCUT2D eigenvalue weighted by molar-refractivity contribution is -0.113. The molecule has 2 heterocycles. The first-order valence-electron chi connectivity index (χ1n) is 9.84. The van der Waals surface area contributed by atoms with Gasteiger partial charge in [-0.3, -0.25) is 9.59 Å². The average Bonchev–Trinajstić information content (AvgIpc) is 3.23. The molecule has 0 saturated heterocycles. The molecule has 2 amide bonds. The molecule has 162 valence electrons. The van der Waals surface area contributed by atoms with Crippen LogP contribution < -0.4 is 10.6 Å². The Kier molecular flexibility index (Phi) is 6.77. The number of fused-ring (bicyclic) bond motifs is 1. The number of hydrogen-bond donors (Lipinski definition) is 2. The second kappa shape index (κ2) is 9.88. The number of nitrogens with zero attached hydrogens (tertiary/aromatic N) is 2. The fourth-order valence-corrected chi connectivity index (χ4v) is 4.92. The van der Waals surface area contributed by atoms with Crippen LogP contribution >= 0.6 is 23.1 Å². The van der Waals surface area contributed by atoms with Gasteiger partial charge in [0.15, 0.2) is 0 Å². The molecule has 2 N–H and O–H groups in total. The van der Waals surface area contributed by atoms with Crippen molar-refractivity contribution in [2.24, 2.45) is 0 Å². The fraction of sp³-hybridized carbons (Fsp3) is 0.130. The van der Waals surface area contributed by atoms with Gasteiger partial charge in [-0.1, -0.05) is 30.0 Å². The molecule has 0 atom stereocenters. The van der Waals surface area contributed by atoms with Gasteiger partial charge < -0.3 is 10.6 Å². The number of thioether (sulfide) groups is 1. The molecule has 4 rings (SSSR count). The van der Waals surface area contributed by atoms with Crippen LogP contribution in [0.25, 0.3) is 21.3 Å². The number of carbonyl (C=O) groups is 2. The minimum atomic E-state index is -0.299. The largest absolute Gasteiger partial charge is 0.352 e. The van der Waals surface area contributed by atoms with Crippen LogP contribution in [0.15, 0.2) is 65.3 Å². The highest BCUT2D eigenvalue weighted by atomic mass is 32.2. The summed E-state index contributed by atoms with van der Waals surface area (Å²) in [5.74, 6) is -0.566. The minimum absolute atomic E-state index is 0.135. The van der Waals surface area contributed by atoms with E-state index < -0.39 is 0 Å². The second-order valence-corrected chi connectivity index (χ2v) is 8.61. The lowest BCUT2D eigenvalue weighted by Crippen LogP contribution is -2.23. The van der Waals surface area contributed by atoms with Crippen molar-refractivity contribution in [1.82, 2.24) is 15.3 Å². The summed E-state index contributed by atoms with van der Waals surface area (Å²) in [7, 11) is 0. The number of amides is 2. The summed E-state index contributed by atoms with van der Waals surface area (Å²) in [5.41, 5.74) is 2.80. The van der Waals surface area contributed by atoms with E-state index in [1.165, 1.54) is 41.6 Å². The van der Waals surface area contributed by atoms with E-state index in [0.717, 1.165) is 21.3 Å². The van der Waals surface area contributed by atoms with Gasteiger partial charge in [-0.2, -0.15) is 0 Å². The van der Waals surface area contributed by atoms with Gasteiger partial charge in [0.2, 0.25) is 5.91 Å². The molecule has 0 fully saturated rings. The van der Waals surface area contributed by atoms with Crippen LogP contribution in [0.2, 0.25) is 0 Å². The Balaban J connectivity index is 1.49. The van der Waals surface area contributed by atoms with E-state index in [1.54, 1.807) is 36.4 Å². The van der Waals surface area contributed by atoms with E-state index in [4.69, 9.17) is 0 Å². The highest BCUT2D eigenvalue weighted by Crippen LogP contribution is 2.37. The van der Waals surface area contributed by atoms with E-state index in [1.807, 2.05) is 12.3 Å². The van der Waals surface area contributed by atoms with Crippen molar-refractivity contribution in [3.63, 3.8) is 0 Å². The van der Waals surface area contributed by atoms with Crippen molar-refractivity contribution in [3.05, 3.63) is 71.6 Å². The molecule has 0 bridgehead atoms. The van der Waals surface area contributed by atoms with Crippen molar-refractivity contribution in [2.45, 2.75) is 11.9 Å². The van der Waals surface area contributed by atoms with Crippen molar-refractivity contribution < 1.29 is 14.0 Å². The number of benzene rings is 2. The minimum Gasteiger partial charge on any atom is -0.352 e. The highest BCUT2D eigenvalue weighted by Gasteiger charge is 2.15. The maximum atomic E-state index is 13.3. The summed E-state index contributed by atoms with van der Waals surface area (Å²) < 4.78 is 13.3. The standard InChI is InChI=1S/C23H19FN4O2S2/c1-2-25-21(30)15-4-3-5-17(10-15)28-19(29)12-32-23-20-18(11-31-22(20)26-13-27-23)14-6-8-16(24)9-7-14/h3-11,13H,2,12H2,1H3,(H,25,30)(H,28,29). The summed E-state index contributed by atoms with van der Waals surface area (Å²) in [6.07, 6.45) is 1.48. The number of thiophene rings is 1. The van der Waals surface area contributed by atoms with Gasteiger partial charge in [-0.25, -0.2) is 14.4 Å². The lowest BCUT2D eigenvalue weighted by atomic mass is 10.1. The van der Waals surface area contributed by atoms with Crippen LogP contribution in [-0.2, 0) is 4.79 Å². The molecule has 0 spiro atoms. The molecule has 2 aromatic heterocycles. The van der Waals surface area contributed by atoms with Gasteiger partial charge >= 0.3 is 0 Å². The molecule has 0 aliphatic rings. The monoisotopic (exact) mass is 466 g/mol. The fourth-order valence-electron chi connectivity index (χ4n) is 3.13. The summed E-state index contributed by atoms with van der Waals surface area (Å²) in [6.45, 7) is 2.38. The Bertz CT molecular complexity index is 1270. The summed E-state index contributed by atoms with van der Waals surface area (Å²) in [5, 5.41) is 9.05. The van der Waals surface area contributed by atoms with E-state index in [9.17, 15) is 14.0 Å². The first kappa shape index (κ1) is 21.9. The molecule has 0 aliphatic heterocycles. The molecular formula is C23H19FN4O2S2. The maximum Gasteiger partial charge on any atom is 0.251 e. The van der Waals surface area contributed by atoms with Crippen molar-refractivity contribution in [1.29, 1.82) is 0 Å². The predicted octanol–water partition coefficient (Wildman–Crippen LogP) is 4.98. The van der Waals surface area contributed by atoms with Crippen molar-refractivity contribution >= 4 is 50.8 Å². The molecule has 0 aliphatic carbocycles. The Morgan fingerprint density at radius 2 is 1.94 bits per heavy atom. The first-order valence-corrected chi connectivity index (χ1v) is 11.7. The summed E-state index contributed by atoms with van der Waals surface area (Å²) in [4.78, 5) is 34.0. The molecule has 6 nitrogen and oxygen atoms in total. The normalized spacial score (nSPS) is 10.8. The highest BCUT2D eigenvalue weighted by molar-refractivity contribution is 8.00. The van der Waals surface area contributed by atoms with Gasteiger partial charge in [0.1, 0.15) is 22.0 Å². The first-order chi connectivity index (χ1) is 15.5. The zero-order valence-electron chi connectivity index (χ0n) is 17.1. The quantitative estimate of drug-likeness (QED) is 0.297. The van der Waals surface area contributed by atoms with Crippen LogP contribution in [0.3, 0.4) is 0 Å². The zero-order chi connectivity index (χ0) is 22.5. The molecular weight excluding hydrogens is 447 g/mol. The smallest absolute Gasteiger partial charge is 0.251 e. The number of hydrogen-bond acceptors (Lipinski definition) is 6. The third-order valence-corrected chi connectivity index (χ3v) is 6.45. The number of aromatic nitrogens is 2. The topological polar surface area (TPSA) is 84.0 Å². The Labute approximate surface area is 192 Å². The Hall–Kier alpha value is -3.30. The summed E-state index contributed by atoms with van der Waals surface area (Å²) in [6, 6.07) is 13.1. The maximum absolute atomic E-state index is 13.3. The lowest BCUT2D eigenvalue weighted by Gasteiger charge is -2.08. The third kappa shape index (κ3) is 4.95. The van der Waals surface area contributed by atoms with E-state index in [0.29, 0.717) is 22.8 Å². The van der Waals surface area contributed by atoms with Crippen molar-refractivity contribution in [2.75, 3.05) is 17.6 Å². The number of rotatable bonds is 7. The molecule has 2 aromatic carbocycles. The van der Waals surface area contributed by atoms with Gasteiger partial charge in [-0.15, -0.1) is 11.3 Å². The van der Waals surface area contributed by atoms with Crippen LogP contribution in [0.5, 0.6) is 0 Å². The van der Waals surface area contributed by atoms with E-state index in [-0.39, 0.29) is 23.4 Å². The average molecular weight is 467 g/mol. The summed E-state index contributed by atoms with van der Waals surface area (Å²) >= 11 is 2.78. The van der Waals surface area contributed by atoms with E-state index in [2.05, 4.69) is 20.6 Å². The van der Waals surface area contributed by atoms with Gasteiger partial charge in [0.25, 0.3) is 5.91 Å². The van der Waals surface area contributed by atoms with Gasteiger partial charge in [-0.05, 0) is 42.8 Å². The van der Waals surface area contributed by atoms with E-state index >= 15 is 0 Å². The molecule has 32 heavy (non-hydrogen) atoms. The molecule has 0 radical (unpaired) electrons. The van der Waals surface area contributed by atoms with Gasteiger partial charge in [0, 0.05) is 28.7 Å². The molecule has 9 heteroatoms. The Morgan fingerprint density at radius 1 is 1.12 bits per heavy atom. The van der Waals surface area contributed by atoms with Crippen LogP contribution in [-0.4, -0.2) is 34.1 Å². The molecule has 0 saturated carbocycles. The third-order valence-electron chi connectivity index (χ3n) is 4.58. The second-order valence-electron chi connectivity index (χ2n) is 6.79. The number of nitrogens with one attached hydrogen (secondary N) is 2. The van der Waals surface area contributed by atoms with Crippen molar-refractivity contribution in [3.8, 4) is 11.1 Å². The van der Waals surface area contributed by atoms with Crippen LogP contribution in [0, 0.1) is 5.82 Å². The number of halogens is 1. The Morgan fingerprint density at radius 3 is 2.72 bits per heavy atom. The number of anilines is 1. The van der Waals surface area contributed by atoms with Crippen LogP contribution in [0.1, 0.15) is 17.3 Å². The molecule has 4 aromatic rings. The zero-order valence-corrected chi connectivity index (χ0v) is 18.7. The van der Waals surface area contributed by atoms with Gasteiger partial charge in [0.05, 0.1) is 11.1 Å². The van der Waals surface area contributed by atoms with Crippen LogP contribution in [0.4, 0.5) is 10.1 Å². The number of carbonyl (C=O) groups excluding carboxylic acids is 2. The predicted molar refractivity (Wildman–Crippen MR) is 127 cm³/mol.